The summed E-state index contributed by atoms with van der Waals surface area (Å²) in [5, 5.41) is 10.3. The summed E-state index contributed by atoms with van der Waals surface area (Å²) in [6.45, 7) is 3.95. The zero-order valence-corrected chi connectivity index (χ0v) is 16.1. The summed E-state index contributed by atoms with van der Waals surface area (Å²) in [6.07, 6.45) is 7.94. The molecule has 1 aliphatic carbocycles. The Kier molecular flexibility index (Phi) is 6.26. The van der Waals surface area contributed by atoms with Gasteiger partial charge in [-0.15, -0.1) is 0 Å². The number of hydrogen-bond acceptors (Lipinski definition) is 6. The molecule has 0 unspecified atom stereocenters. The number of nitrogens with zero attached hydrogens (tertiary/aromatic N) is 3. The van der Waals surface area contributed by atoms with E-state index in [-0.39, 0.29) is 18.1 Å². The van der Waals surface area contributed by atoms with E-state index in [1.165, 1.54) is 0 Å². The maximum Gasteiger partial charge on any atom is 0.278 e. The van der Waals surface area contributed by atoms with E-state index in [1.54, 1.807) is 19.5 Å². The third-order valence-electron chi connectivity index (χ3n) is 5.03. The monoisotopic (exact) mass is 373 g/mol. The number of amides is 1. The average Bonchev–Trinajstić information content (AvgIpc) is 3.00. The molecule has 2 N–H and O–H groups in total. The molecule has 2 aromatic heterocycles. The molecule has 2 aromatic rings. The molecule has 8 nitrogen and oxygen atoms in total. The fraction of sp³-hybridized carbons (Fsp3) is 0.579. The fourth-order valence-corrected chi connectivity index (χ4v) is 3.50. The molecule has 1 aliphatic rings. The smallest absolute Gasteiger partial charge is 0.278 e. The molecule has 0 aliphatic heterocycles. The van der Waals surface area contributed by atoms with Crippen LogP contribution in [0, 0.1) is 13.8 Å². The Labute approximate surface area is 159 Å². The first kappa shape index (κ1) is 19.1. The van der Waals surface area contributed by atoms with Gasteiger partial charge in [0, 0.05) is 30.6 Å². The SMILES string of the molecule is COc1nccnc1OC1CCC(NC(=O)CCc2c(C)n[nH]c2C)CC1. The summed E-state index contributed by atoms with van der Waals surface area (Å²) in [7, 11) is 1.55. The van der Waals surface area contributed by atoms with Crippen molar-refractivity contribution in [2.45, 2.75) is 64.5 Å². The van der Waals surface area contributed by atoms with Crippen molar-refractivity contribution in [3.05, 3.63) is 29.3 Å². The maximum atomic E-state index is 12.3. The molecule has 2 heterocycles. The van der Waals surface area contributed by atoms with Gasteiger partial charge in [-0.3, -0.25) is 9.89 Å². The average molecular weight is 373 g/mol. The number of carbonyl (C=O) groups is 1. The van der Waals surface area contributed by atoms with Crippen LogP contribution in [-0.4, -0.2) is 45.3 Å². The molecule has 0 spiro atoms. The molecule has 1 saturated carbocycles. The Balaban J connectivity index is 1.42. The van der Waals surface area contributed by atoms with Crippen LogP contribution in [0.2, 0.25) is 0 Å². The number of ether oxygens (including phenoxy) is 2. The molecule has 27 heavy (non-hydrogen) atoms. The maximum absolute atomic E-state index is 12.3. The molecule has 1 fully saturated rings. The first-order chi connectivity index (χ1) is 13.1. The van der Waals surface area contributed by atoms with Crippen LogP contribution in [0.15, 0.2) is 12.4 Å². The van der Waals surface area contributed by atoms with Gasteiger partial charge in [-0.25, -0.2) is 9.97 Å². The van der Waals surface area contributed by atoms with E-state index in [9.17, 15) is 4.79 Å². The topological polar surface area (TPSA) is 102 Å². The van der Waals surface area contributed by atoms with Crippen molar-refractivity contribution in [2.75, 3.05) is 7.11 Å². The van der Waals surface area contributed by atoms with Crippen molar-refractivity contribution in [2.24, 2.45) is 0 Å². The second kappa shape index (κ2) is 8.83. The molecule has 146 valence electrons. The van der Waals surface area contributed by atoms with Crippen LogP contribution in [0.1, 0.15) is 49.1 Å². The number of hydrogen-bond donors (Lipinski definition) is 2. The van der Waals surface area contributed by atoms with Crippen LogP contribution in [-0.2, 0) is 11.2 Å². The number of methoxy groups -OCH3 is 1. The molecule has 0 saturated heterocycles. The molecule has 0 bridgehead atoms. The van der Waals surface area contributed by atoms with Crippen LogP contribution in [0.4, 0.5) is 0 Å². The van der Waals surface area contributed by atoms with Crippen LogP contribution in [0.5, 0.6) is 11.8 Å². The Morgan fingerprint density at radius 3 is 2.52 bits per heavy atom. The van der Waals surface area contributed by atoms with Crippen molar-refractivity contribution in [3.63, 3.8) is 0 Å². The highest BCUT2D eigenvalue weighted by Gasteiger charge is 2.25. The van der Waals surface area contributed by atoms with E-state index in [4.69, 9.17) is 9.47 Å². The minimum absolute atomic E-state index is 0.0694. The van der Waals surface area contributed by atoms with Crippen molar-refractivity contribution < 1.29 is 14.3 Å². The largest absolute Gasteiger partial charge is 0.477 e. The summed E-state index contributed by atoms with van der Waals surface area (Å²) in [6, 6.07) is 0.202. The number of carbonyl (C=O) groups excluding carboxylic acids is 1. The van der Waals surface area contributed by atoms with Gasteiger partial charge in [0.15, 0.2) is 0 Å². The normalized spacial score (nSPS) is 19.5. The molecule has 3 rings (SSSR count). The molecule has 0 radical (unpaired) electrons. The molecule has 0 aromatic carbocycles. The zero-order valence-electron chi connectivity index (χ0n) is 16.1. The summed E-state index contributed by atoms with van der Waals surface area (Å²) >= 11 is 0. The van der Waals surface area contributed by atoms with E-state index in [0.29, 0.717) is 24.6 Å². The fourth-order valence-electron chi connectivity index (χ4n) is 3.50. The molecule has 1 amide bonds. The lowest BCUT2D eigenvalue weighted by Gasteiger charge is -2.29. The van der Waals surface area contributed by atoms with Crippen LogP contribution >= 0.6 is 0 Å². The van der Waals surface area contributed by atoms with Crippen molar-refractivity contribution in [1.29, 1.82) is 0 Å². The Hall–Kier alpha value is -2.64. The quantitative estimate of drug-likeness (QED) is 0.772. The minimum atomic E-state index is 0.0694. The van der Waals surface area contributed by atoms with Gasteiger partial charge >= 0.3 is 0 Å². The number of rotatable bonds is 7. The lowest BCUT2D eigenvalue weighted by Crippen LogP contribution is -2.39. The van der Waals surface area contributed by atoms with E-state index in [1.807, 2.05) is 13.8 Å². The van der Waals surface area contributed by atoms with E-state index < -0.39 is 0 Å². The standard InChI is InChI=1S/C19H27N5O3/c1-12-16(13(2)24-23-12)8-9-17(25)22-14-4-6-15(7-5-14)27-19-18(26-3)20-10-11-21-19/h10-11,14-15H,4-9H2,1-3H3,(H,22,25)(H,23,24). The van der Waals surface area contributed by atoms with Gasteiger partial charge in [-0.05, 0) is 51.5 Å². The third kappa shape index (κ3) is 4.96. The van der Waals surface area contributed by atoms with Crippen molar-refractivity contribution in [1.82, 2.24) is 25.5 Å². The van der Waals surface area contributed by atoms with Gasteiger partial charge in [-0.1, -0.05) is 0 Å². The van der Waals surface area contributed by atoms with Gasteiger partial charge < -0.3 is 14.8 Å². The number of aromatic amines is 1. The van der Waals surface area contributed by atoms with Crippen LogP contribution in [0.25, 0.3) is 0 Å². The van der Waals surface area contributed by atoms with E-state index in [2.05, 4.69) is 25.5 Å². The number of aryl methyl sites for hydroxylation is 2. The van der Waals surface area contributed by atoms with Gasteiger partial charge in [0.2, 0.25) is 5.91 Å². The van der Waals surface area contributed by atoms with Crippen molar-refractivity contribution in [3.8, 4) is 11.8 Å². The van der Waals surface area contributed by atoms with E-state index in [0.717, 1.165) is 42.6 Å². The highest BCUT2D eigenvalue weighted by atomic mass is 16.5. The Morgan fingerprint density at radius 1 is 1.19 bits per heavy atom. The first-order valence-corrected chi connectivity index (χ1v) is 9.38. The number of nitrogens with one attached hydrogen (secondary N) is 2. The summed E-state index contributed by atoms with van der Waals surface area (Å²) < 4.78 is 11.1. The predicted molar refractivity (Wildman–Crippen MR) is 99.8 cm³/mol. The zero-order chi connectivity index (χ0) is 19.2. The predicted octanol–water partition coefficient (Wildman–Crippen LogP) is 2.26. The van der Waals surface area contributed by atoms with Crippen LogP contribution in [0.3, 0.4) is 0 Å². The highest BCUT2D eigenvalue weighted by molar-refractivity contribution is 5.76. The molecular formula is C19H27N5O3. The summed E-state index contributed by atoms with van der Waals surface area (Å²) in [5.41, 5.74) is 3.15. The molecule has 8 heteroatoms. The second-order valence-electron chi connectivity index (χ2n) is 6.94. The highest BCUT2D eigenvalue weighted by Crippen LogP contribution is 2.27. The van der Waals surface area contributed by atoms with E-state index >= 15 is 0 Å². The van der Waals surface area contributed by atoms with Gasteiger partial charge in [-0.2, -0.15) is 5.10 Å². The Bertz CT molecular complexity index is 749. The second-order valence-corrected chi connectivity index (χ2v) is 6.94. The lowest BCUT2D eigenvalue weighted by molar-refractivity contribution is -0.122. The van der Waals surface area contributed by atoms with Gasteiger partial charge in [0.05, 0.1) is 12.8 Å². The van der Waals surface area contributed by atoms with Crippen molar-refractivity contribution >= 4 is 5.91 Å². The Morgan fingerprint density at radius 2 is 1.89 bits per heavy atom. The van der Waals surface area contributed by atoms with Gasteiger partial charge in [0.25, 0.3) is 11.8 Å². The third-order valence-corrected chi connectivity index (χ3v) is 5.03. The number of aromatic nitrogens is 4. The molecule has 0 atom stereocenters. The molecular weight excluding hydrogens is 346 g/mol. The lowest BCUT2D eigenvalue weighted by atomic mass is 9.92. The first-order valence-electron chi connectivity index (χ1n) is 9.38. The summed E-state index contributed by atoms with van der Waals surface area (Å²) in [4.78, 5) is 20.6. The van der Waals surface area contributed by atoms with Gasteiger partial charge in [0.1, 0.15) is 6.10 Å². The summed E-state index contributed by atoms with van der Waals surface area (Å²) in [5.74, 6) is 0.922. The van der Waals surface area contributed by atoms with Crippen LogP contribution < -0.4 is 14.8 Å². The minimum Gasteiger partial charge on any atom is -0.477 e. The number of H-pyrrole nitrogens is 1.